The number of hydrogen-bond acceptors (Lipinski definition) is 3. The van der Waals surface area contributed by atoms with Gasteiger partial charge in [-0.15, -0.1) is 0 Å². The minimum atomic E-state index is -0.542. The summed E-state index contributed by atoms with van der Waals surface area (Å²) in [7, 11) is 0. The second-order valence-electron chi connectivity index (χ2n) is 4.99. The normalized spacial score (nSPS) is 11.9. The molecule has 0 saturated carbocycles. The molecule has 1 aromatic carbocycles. The predicted octanol–water partition coefficient (Wildman–Crippen LogP) is 2.33. The Kier molecular flexibility index (Phi) is 4.42. The molecule has 0 aliphatic heterocycles. The van der Waals surface area contributed by atoms with Crippen molar-refractivity contribution >= 4 is 17.3 Å². The Morgan fingerprint density at radius 3 is 2.71 bits per heavy atom. The molecule has 1 heterocycles. The van der Waals surface area contributed by atoms with Gasteiger partial charge in [-0.2, -0.15) is 0 Å². The van der Waals surface area contributed by atoms with Crippen LogP contribution in [0.5, 0.6) is 0 Å². The number of hydrogen-bond donors (Lipinski definition) is 2. The van der Waals surface area contributed by atoms with Crippen molar-refractivity contribution in [2.24, 2.45) is 0 Å². The Hall–Kier alpha value is -2.56. The van der Waals surface area contributed by atoms with Crippen molar-refractivity contribution in [3.63, 3.8) is 0 Å². The van der Waals surface area contributed by atoms with E-state index in [4.69, 9.17) is 5.73 Å². The van der Waals surface area contributed by atoms with Crippen molar-refractivity contribution in [3.05, 3.63) is 58.5 Å². The van der Waals surface area contributed by atoms with Crippen LogP contribution in [0.4, 0.5) is 11.4 Å². The Bertz CT molecular complexity index is 707. The average Bonchev–Trinajstić information content (AvgIpc) is 2.42. The van der Waals surface area contributed by atoms with E-state index in [0.717, 1.165) is 5.56 Å². The summed E-state index contributed by atoms with van der Waals surface area (Å²) >= 11 is 0. The van der Waals surface area contributed by atoms with Crippen LogP contribution in [0.2, 0.25) is 0 Å². The third kappa shape index (κ3) is 3.51. The number of rotatable bonds is 4. The van der Waals surface area contributed by atoms with E-state index in [1.807, 2.05) is 19.9 Å². The van der Waals surface area contributed by atoms with Crippen LogP contribution in [-0.4, -0.2) is 10.5 Å². The van der Waals surface area contributed by atoms with E-state index in [0.29, 0.717) is 17.8 Å². The van der Waals surface area contributed by atoms with Crippen molar-refractivity contribution in [2.45, 2.75) is 26.3 Å². The number of nitrogens with one attached hydrogen (secondary N) is 1. The van der Waals surface area contributed by atoms with Crippen molar-refractivity contribution in [1.82, 2.24) is 4.57 Å². The lowest BCUT2D eigenvalue weighted by Crippen LogP contribution is -2.32. The number of nitrogen functional groups attached to an aromatic ring is 1. The van der Waals surface area contributed by atoms with E-state index in [1.54, 1.807) is 30.5 Å². The summed E-state index contributed by atoms with van der Waals surface area (Å²) in [5.41, 5.74) is 7.59. The molecule has 0 bridgehead atoms. The Morgan fingerprint density at radius 1 is 1.33 bits per heavy atom. The maximum Gasteiger partial charge on any atom is 0.251 e. The highest BCUT2D eigenvalue weighted by Gasteiger charge is 2.19. The topological polar surface area (TPSA) is 77.1 Å². The number of anilines is 2. The number of amides is 1. The smallest absolute Gasteiger partial charge is 0.251 e. The van der Waals surface area contributed by atoms with E-state index in [-0.39, 0.29) is 11.5 Å². The highest BCUT2D eigenvalue weighted by molar-refractivity contribution is 5.94. The molecule has 0 radical (unpaired) electrons. The maximum absolute atomic E-state index is 12.4. The van der Waals surface area contributed by atoms with Gasteiger partial charge in [0, 0.05) is 23.6 Å². The summed E-state index contributed by atoms with van der Waals surface area (Å²) < 4.78 is 1.45. The molecular formula is C16H19N3O2. The number of nitrogens with two attached hydrogens (primary N) is 1. The van der Waals surface area contributed by atoms with Gasteiger partial charge in [0.1, 0.15) is 6.04 Å². The fourth-order valence-corrected chi connectivity index (χ4v) is 2.20. The first-order valence-corrected chi connectivity index (χ1v) is 6.86. The van der Waals surface area contributed by atoms with Gasteiger partial charge in [0.25, 0.3) is 5.56 Å². The van der Waals surface area contributed by atoms with E-state index in [2.05, 4.69) is 5.32 Å². The lowest BCUT2D eigenvalue weighted by atomic mass is 10.1. The Labute approximate surface area is 123 Å². The molecule has 0 fully saturated rings. The SMILES string of the molecule is CCC(C(=O)Nc1cccc(N)c1)n1ccc(C)cc1=O. The molecule has 0 aliphatic carbocycles. The molecule has 3 N–H and O–H groups in total. The largest absolute Gasteiger partial charge is 0.399 e. The van der Waals surface area contributed by atoms with Crippen LogP contribution in [-0.2, 0) is 4.79 Å². The molecule has 0 spiro atoms. The number of aryl methyl sites for hydroxylation is 1. The first kappa shape index (κ1) is 14.8. The summed E-state index contributed by atoms with van der Waals surface area (Å²) in [5, 5.41) is 2.80. The molecule has 5 heteroatoms. The second-order valence-corrected chi connectivity index (χ2v) is 4.99. The Morgan fingerprint density at radius 2 is 2.10 bits per heavy atom. The molecule has 1 unspecified atom stereocenters. The Balaban J connectivity index is 2.24. The number of benzene rings is 1. The van der Waals surface area contributed by atoms with Crippen LogP contribution in [0.15, 0.2) is 47.4 Å². The van der Waals surface area contributed by atoms with Gasteiger partial charge in [0.05, 0.1) is 0 Å². The van der Waals surface area contributed by atoms with Crippen molar-refractivity contribution in [3.8, 4) is 0 Å². The molecule has 1 amide bonds. The zero-order valence-corrected chi connectivity index (χ0v) is 12.2. The van der Waals surface area contributed by atoms with Gasteiger partial charge in [-0.05, 0) is 43.2 Å². The fourth-order valence-electron chi connectivity index (χ4n) is 2.20. The second kappa shape index (κ2) is 6.26. The van der Waals surface area contributed by atoms with Crippen LogP contribution in [0.3, 0.4) is 0 Å². The van der Waals surface area contributed by atoms with Gasteiger partial charge in [-0.25, -0.2) is 0 Å². The molecule has 21 heavy (non-hydrogen) atoms. The highest BCUT2D eigenvalue weighted by atomic mass is 16.2. The summed E-state index contributed by atoms with van der Waals surface area (Å²) in [6.07, 6.45) is 2.18. The quantitative estimate of drug-likeness (QED) is 0.846. The van der Waals surface area contributed by atoms with Gasteiger partial charge in [0.2, 0.25) is 5.91 Å². The predicted molar refractivity (Wildman–Crippen MR) is 84.3 cm³/mol. The average molecular weight is 285 g/mol. The molecule has 2 rings (SSSR count). The van der Waals surface area contributed by atoms with Crippen molar-refractivity contribution < 1.29 is 4.79 Å². The zero-order chi connectivity index (χ0) is 15.4. The van der Waals surface area contributed by atoms with Gasteiger partial charge in [-0.1, -0.05) is 13.0 Å². The monoisotopic (exact) mass is 285 g/mol. The molecule has 2 aromatic rings. The van der Waals surface area contributed by atoms with E-state index in [1.165, 1.54) is 10.6 Å². The van der Waals surface area contributed by atoms with Crippen molar-refractivity contribution in [2.75, 3.05) is 11.1 Å². The number of nitrogens with zero attached hydrogens (tertiary/aromatic N) is 1. The molecule has 0 saturated heterocycles. The van der Waals surface area contributed by atoms with E-state index >= 15 is 0 Å². The number of carbonyl (C=O) groups excluding carboxylic acids is 1. The van der Waals surface area contributed by atoms with Crippen LogP contribution < -0.4 is 16.6 Å². The van der Waals surface area contributed by atoms with Gasteiger partial charge < -0.3 is 15.6 Å². The molecular weight excluding hydrogens is 266 g/mol. The van der Waals surface area contributed by atoms with Crippen molar-refractivity contribution in [1.29, 1.82) is 0 Å². The third-order valence-corrected chi connectivity index (χ3v) is 3.28. The van der Waals surface area contributed by atoms with E-state index < -0.39 is 6.04 Å². The summed E-state index contributed by atoms with van der Waals surface area (Å²) in [5.74, 6) is -0.228. The third-order valence-electron chi connectivity index (χ3n) is 3.28. The van der Waals surface area contributed by atoms with Crippen LogP contribution in [0, 0.1) is 6.92 Å². The maximum atomic E-state index is 12.4. The molecule has 1 aromatic heterocycles. The van der Waals surface area contributed by atoms with E-state index in [9.17, 15) is 9.59 Å². The summed E-state index contributed by atoms with van der Waals surface area (Å²) in [6, 6.07) is 9.76. The summed E-state index contributed by atoms with van der Waals surface area (Å²) in [4.78, 5) is 24.4. The van der Waals surface area contributed by atoms with Gasteiger partial charge in [-0.3, -0.25) is 9.59 Å². The minimum absolute atomic E-state index is 0.176. The molecule has 5 nitrogen and oxygen atoms in total. The fraction of sp³-hybridized carbons (Fsp3) is 0.250. The van der Waals surface area contributed by atoms with Crippen LogP contribution >= 0.6 is 0 Å². The van der Waals surface area contributed by atoms with Gasteiger partial charge >= 0.3 is 0 Å². The molecule has 0 aliphatic rings. The van der Waals surface area contributed by atoms with Crippen LogP contribution in [0.25, 0.3) is 0 Å². The first-order valence-electron chi connectivity index (χ1n) is 6.86. The minimum Gasteiger partial charge on any atom is -0.399 e. The number of aromatic nitrogens is 1. The molecule has 110 valence electrons. The summed E-state index contributed by atoms with van der Waals surface area (Å²) in [6.45, 7) is 3.72. The lowest BCUT2D eigenvalue weighted by Gasteiger charge is -2.18. The molecule has 1 atom stereocenters. The zero-order valence-electron chi connectivity index (χ0n) is 12.2. The number of carbonyl (C=O) groups is 1. The standard InChI is InChI=1S/C16H19N3O2/c1-3-14(19-8-7-11(2)9-15(19)20)16(21)18-13-6-4-5-12(17)10-13/h4-10,14H,3,17H2,1-2H3,(H,18,21). The highest BCUT2D eigenvalue weighted by Crippen LogP contribution is 2.16. The first-order chi connectivity index (χ1) is 10.0. The lowest BCUT2D eigenvalue weighted by molar-refractivity contribution is -0.119. The van der Waals surface area contributed by atoms with Crippen LogP contribution in [0.1, 0.15) is 24.9 Å². The number of pyridine rings is 1. The van der Waals surface area contributed by atoms with Gasteiger partial charge in [0.15, 0.2) is 0 Å².